The minimum atomic E-state index is -1.26. The first kappa shape index (κ1) is 19.4. The lowest BCUT2D eigenvalue weighted by Gasteiger charge is -2.22. The minimum Gasteiger partial charge on any atom is -0.423 e. The van der Waals surface area contributed by atoms with Gasteiger partial charge in [-0.15, -0.1) is 0 Å². The van der Waals surface area contributed by atoms with Crippen molar-refractivity contribution < 1.29 is 14.0 Å². The van der Waals surface area contributed by atoms with Gasteiger partial charge in [-0.25, -0.2) is 9.59 Å². The molecule has 7 nitrogen and oxygen atoms in total. The van der Waals surface area contributed by atoms with Crippen LogP contribution < -0.4 is 10.9 Å². The maximum atomic E-state index is 13.2. The topological polar surface area (TPSA) is 103 Å². The van der Waals surface area contributed by atoms with Crippen LogP contribution in [0.15, 0.2) is 51.7 Å². The molecular formula is C23H19N3O4. The van der Waals surface area contributed by atoms with Crippen molar-refractivity contribution in [1.29, 1.82) is 5.26 Å². The Morgan fingerprint density at radius 1 is 1.07 bits per heavy atom. The number of carbonyl (C=O) groups is 2. The summed E-state index contributed by atoms with van der Waals surface area (Å²) in [7, 11) is 0. The van der Waals surface area contributed by atoms with Crippen LogP contribution in [0.1, 0.15) is 34.7 Å². The SMILES string of the molecule is Cc1cc2oc(=O)cc(CN3C(=O)NC(C)(c4ccc(C#N)cc4)C3=O)c2cc1C. The summed E-state index contributed by atoms with van der Waals surface area (Å²) in [5.41, 5.74) is 2.19. The van der Waals surface area contributed by atoms with Gasteiger partial charge in [0.25, 0.3) is 5.91 Å². The Labute approximate surface area is 172 Å². The van der Waals surface area contributed by atoms with Crippen LogP contribution in [0.25, 0.3) is 11.0 Å². The predicted octanol–water partition coefficient (Wildman–Crippen LogP) is 3.25. The standard InChI is InChI=1S/C23H19N3O4/c1-13-8-18-16(10-20(27)30-19(18)9-14(13)2)12-26-21(28)23(3,25-22(26)29)17-6-4-15(11-24)5-7-17/h4-10H,12H2,1-3H3,(H,25,29). The molecule has 1 aliphatic heterocycles. The fraction of sp³-hybridized carbons (Fsp3) is 0.217. The highest BCUT2D eigenvalue weighted by molar-refractivity contribution is 6.07. The van der Waals surface area contributed by atoms with Crippen molar-refractivity contribution >= 4 is 22.9 Å². The molecule has 0 aliphatic carbocycles. The van der Waals surface area contributed by atoms with Crippen molar-refractivity contribution in [3.63, 3.8) is 0 Å². The fourth-order valence-electron chi connectivity index (χ4n) is 3.70. The molecular weight excluding hydrogens is 382 g/mol. The number of aryl methyl sites for hydroxylation is 2. The van der Waals surface area contributed by atoms with E-state index in [-0.39, 0.29) is 6.54 Å². The van der Waals surface area contributed by atoms with Crippen molar-refractivity contribution in [3.05, 3.63) is 80.7 Å². The Hall–Kier alpha value is -3.92. The van der Waals surface area contributed by atoms with Crippen LogP contribution in [0, 0.1) is 25.2 Å². The van der Waals surface area contributed by atoms with Gasteiger partial charge in [0, 0.05) is 11.5 Å². The highest BCUT2D eigenvalue weighted by atomic mass is 16.4. The van der Waals surface area contributed by atoms with E-state index in [2.05, 4.69) is 5.32 Å². The van der Waals surface area contributed by atoms with Crippen LogP contribution in [0.3, 0.4) is 0 Å². The molecule has 2 heterocycles. The van der Waals surface area contributed by atoms with Crippen LogP contribution in [-0.4, -0.2) is 16.8 Å². The third-order valence-corrected chi connectivity index (χ3v) is 5.64. The summed E-state index contributed by atoms with van der Waals surface area (Å²) in [6.07, 6.45) is 0. The summed E-state index contributed by atoms with van der Waals surface area (Å²) >= 11 is 0. The van der Waals surface area contributed by atoms with E-state index >= 15 is 0 Å². The molecule has 1 N–H and O–H groups in total. The summed E-state index contributed by atoms with van der Waals surface area (Å²) < 4.78 is 5.30. The molecule has 150 valence electrons. The largest absolute Gasteiger partial charge is 0.423 e. The summed E-state index contributed by atoms with van der Waals surface area (Å²) in [4.78, 5) is 39.0. The third kappa shape index (κ3) is 3.03. The number of fused-ring (bicyclic) bond motifs is 1. The van der Waals surface area contributed by atoms with Gasteiger partial charge in [0.1, 0.15) is 11.1 Å². The van der Waals surface area contributed by atoms with Gasteiger partial charge in [-0.1, -0.05) is 12.1 Å². The zero-order chi connectivity index (χ0) is 21.6. The lowest BCUT2D eigenvalue weighted by atomic mass is 9.91. The Morgan fingerprint density at radius 2 is 1.73 bits per heavy atom. The van der Waals surface area contributed by atoms with E-state index in [1.165, 1.54) is 6.07 Å². The molecule has 0 saturated carbocycles. The molecule has 2 aromatic carbocycles. The summed E-state index contributed by atoms with van der Waals surface area (Å²) in [5.74, 6) is -0.428. The number of nitrogens with one attached hydrogen (secondary N) is 1. The van der Waals surface area contributed by atoms with Gasteiger partial charge < -0.3 is 9.73 Å². The molecule has 4 rings (SSSR count). The van der Waals surface area contributed by atoms with Gasteiger partial charge in [0.05, 0.1) is 18.2 Å². The number of hydrogen-bond acceptors (Lipinski definition) is 5. The molecule has 1 fully saturated rings. The minimum absolute atomic E-state index is 0.0544. The molecule has 1 unspecified atom stereocenters. The van der Waals surface area contributed by atoms with Gasteiger partial charge in [-0.3, -0.25) is 9.69 Å². The van der Waals surface area contributed by atoms with E-state index in [0.29, 0.717) is 27.7 Å². The van der Waals surface area contributed by atoms with Gasteiger partial charge in [-0.05, 0) is 67.3 Å². The Morgan fingerprint density at radius 3 is 2.40 bits per heavy atom. The van der Waals surface area contributed by atoms with Crippen molar-refractivity contribution in [2.75, 3.05) is 0 Å². The highest BCUT2D eigenvalue weighted by Crippen LogP contribution is 2.31. The smallest absolute Gasteiger partial charge is 0.336 e. The lowest BCUT2D eigenvalue weighted by molar-refractivity contribution is -0.131. The molecule has 1 aromatic heterocycles. The molecule has 7 heteroatoms. The maximum absolute atomic E-state index is 13.2. The lowest BCUT2D eigenvalue weighted by Crippen LogP contribution is -2.40. The number of hydrogen-bond donors (Lipinski definition) is 1. The Bertz CT molecular complexity index is 1300. The average molecular weight is 401 g/mol. The number of rotatable bonds is 3. The number of urea groups is 1. The van der Waals surface area contributed by atoms with Gasteiger partial charge in [0.15, 0.2) is 0 Å². The highest BCUT2D eigenvalue weighted by Gasteiger charge is 2.49. The van der Waals surface area contributed by atoms with Crippen LogP contribution in [0.2, 0.25) is 0 Å². The molecule has 0 spiro atoms. The molecule has 1 aliphatic rings. The van der Waals surface area contributed by atoms with E-state index in [4.69, 9.17) is 9.68 Å². The summed E-state index contributed by atoms with van der Waals surface area (Å²) in [5, 5.41) is 12.4. The van der Waals surface area contributed by atoms with Crippen molar-refractivity contribution in [2.45, 2.75) is 32.9 Å². The second-order valence-corrected chi connectivity index (χ2v) is 7.66. The molecule has 1 saturated heterocycles. The average Bonchev–Trinajstić information content (AvgIpc) is 2.93. The Balaban J connectivity index is 1.73. The van der Waals surface area contributed by atoms with Crippen LogP contribution in [0.5, 0.6) is 0 Å². The molecule has 0 bridgehead atoms. The van der Waals surface area contributed by atoms with Crippen molar-refractivity contribution in [2.24, 2.45) is 0 Å². The summed E-state index contributed by atoms with van der Waals surface area (Å²) in [6, 6.07) is 13.0. The molecule has 3 aromatic rings. The van der Waals surface area contributed by atoms with Gasteiger partial charge in [-0.2, -0.15) is 5.26 Å². The van der Waals surface area contributed by atoms with E-state index < -0.39 is 23.1 Å². The Kier molecular flexibility index (Phi) is 4.43. The van der Waals surface area contributed by atoms with E-state index in [1.54, 1.807) is 37.3 Å². The number of nitriles is 1. The number of carbonyl (C=O) groups excluding carboxylic acids is 2. The number of benzene rings is 2. The van der Waals surface area contributed by atoms with Gasteiger partial charge in [0.2, 0.25) is 0 Å². The quantitative estimate of drug-likeness (QED) is 0.536. The van der Waals surface area contributed by atoms with Gasteiger partial charge >= 0.3 is 11.7 Å². The van der Waals surface area contributed by atoms with Crippen LogP contribution in [0.4, 0.5) is 4.79 Å². The molecule has 3 amide bonds. The zero-order valence-corrected chi connectivity index (χ0v) is 16.8. The van der Waals surface area contributed by atoms with Crippen molar-refractivity contribution in [3.8, 4) is 6.07 Å². The van der Waals surface area contributed by atoms with Crippen LogP contribution in [-0.2, 0) is 16.9 Å². The first-order valence-corrected chi connectivity index (χ1v) is 9.41. The van der Waals surface area contributed by atoms with Crippen molar-refractivity contribution in [1.82, 2.24) is 10.2 Å². The second kappa shape index (κ2) is 6.85. The maximum Gasteiger partial charge on any atom is 0.336 e. The monoisotopic (exact) mass is 401 g/mol. The van der Waals surface area contributed by atoms with E-state index in [9.17, 15) is 14.4 Å². The number of amides is 3. The number of nitrogens with zero attached hydrogens (tertiary/aromatic N) is 2. The zero-order valence-electron chi connectivity index (χ0n) is 16.8. The van der Waals surface area contributed by atoms with E-state index in [1.807, 2.05) is 26.0 Å². The molecule has 1 atom stereocenters. The molecule has 30 heavy (non-hydrogen) atoms. The predicted molar refractivity (Wildman–Crippen MR) is 110 cm³/mol. The van der Waals surface area contributed by atoms with Crippen LogP contribution >= 0.6 is 0 Å². The number of imide groups is 1. The summed E-state index contributed by atoms with van der Waals surface area (Å²) in [6.45, 7) is 5.43. The second-order valence-electron chi connectivity index (χ2n) is 7.66. The normalized spacial score (nSPS) is 18.5. The van der Waals surface area contributed by atoms with E-state index in [0.717, 1.165) is 16.0 Å². The molecule has 0 radical (unpaired) electrons. The fourth-order valence-corrected chi connectivity index (χ4v) is 3.70. The first-order valence-electron chi connectivity index (χ1n) is 9.41. The third-order valence-electron chi connectivity index (χ3n) is 5.64. The first-order chi connectivity index (χ1) is 14.2.